The maximum Gasteiger partial charge on any atom is 0.160 e. The zero-order valence-corrected chi connectivity index (χ0v) is 14.3. The Labute approximate surface area is 161 Å². The van der Waals surface area contributed by atoms with Crippen LogP contribution in [0.5, 0.6) is 17.2 Å². The highest BCUT2D eigenvalue weighted by atomic mass is 16.5. The van der Waals surface area contributed by atoms with Gasteiger partial charge in [-0.25, -0.2) is 0 Å². The SMILES string of the molecule is [2H]C([2H])(CCC([2H])(O)C([2H])([2H])Oc1cccc(C)c1)Cc1ccc(OC([2H])([2H])[2H])c(OC)c1. The summed E-state index contributed by atoms with van der Waals surface area (Å²) in [4.78, 5) is 0. The van der Waals surface area contributed by atoms with E-state index in [0.717, 1.165) is 5.56 Å². The molecule has 0 amide bonds. The van der Waals surface area contributed by atoms with Gasteiger partial charge in [-0.05, 0) is 61.5 Å². The first-order valence-electron chi connectivity index (χ1n) is 11.9. The van der Waals surface area contributed by atoms with E-state index in [1.807, 2.05) is 0 Å². The average Bonchev–Trinajstić information content (AvgIpc) is 2.66. The molecule has 4 nitrogen and oxygen atoms in total. The topological polar surface area (TPSA) is 47.9 Å². The third-order valence-corrected chi connectivity index (χ3v) is 3.48. The van der Waals surface area contributed by atoms with Gasteiger partial charge in [-0.15, -0.1) is 0 Å². The van der Waals surface area contributed by atoms with Crippen LogP contribution in [0.4, 0.5) is 0 Å². The number of ether oxygens (including phenoxy) is 3. The van der Waals surface area contributed by atoms with Gasteiger partial charge in [-0.3, -0.25) is 0 Å². The Morgan fingerprint density at radius 3 is 2.84 bits per heavy atom. The van der Waals surface area contributed by atoms with Gasteiger partial charge in [-0.1, -0.05) is 24.6 Å². The van der Waals surface area contributed by atoms with Crippen LogP contribution in [0.3, 0.4) is 0 Å². The second kappa shape index (κ2) is 9.94. The number of hydrogen-bond donors (Lipinski definition) is 1. The molecule has 1 N–H and O–H groups in total. The lowest BCUT2D eigenvalue weighted by atomic mass is 10.0. The smallest absolute Gasteiger partial charge is 0.160 e. The van der Waals surface area contributed by atoms with Crippen LogP contribution in [0.2, 0.25) is 0 Å². The summed E-state index contributed by atoms with van der Waals surface area (Å²) in [5.41, 5.74) is 1.29. The molecular weight excluding hydrogens is 316 g/mol. The van der Waals surface area contributed by atoms with Gasteiger partial charge in [0.1, 0.15) is 12.3 Å². The molecule has 0 aliphatic carbocycles. The summed E-state index contributed by atoms with van der Waals surface area (Å²) in [6.07, 6.45) is -5.63. The standard InChI is InChI=1S/C21H28O4/c1-16-7-6-10-19(13-16)25-15-18(22)9-5-4-8-17-11-12-20(23-2)21(14-17)24-3/h6-7,10-14,18,22H,4-5,8-9,15H2,1-3H3/i2D3,4D2,15D2,18D. The van der Waals surface area contributed by atoms with Crippen LogP contribution in [0.15, 0.2) is 42.5 Å². The Hall–Kier alpha value is -2.20. The van der Waals surface area contributed by atoms with Gasteiger partial charge in [-0.2, -0.15) is 0 Å². The molecule has 4 heteroatoms. The fourth-order valence-electron chi connectivity index (χ4n) is 2.19. The summed E-state index contributed by atoms with van der Waals surface area (Å²) in [5.74, 6) is 0.267. The summed E-state index contributed by atoms with van der Waals surface area (Å²) < 4.78 is 77.5. The van der Waals surface area contributed by atoms with Crippen molar-refractivity contribution in [2.75, 3.05) is 20.7 Å². The molecule has 0 bridgehead atoms. The van der Waals surface area contributed by atoms with Crippen LogP contribution in [-0.2, 0) is 6.42 Å². The van der Waals surface area contributed by atoms with Crippen molar-refractivity contribution in [2.45, 2.75) is 38.6 Å². The van der Waals surface area contributed by atoms with Gasteiger partial charge < -0.3 is 19.3 Å². The molecule has 2 rings (SSSR count). The second-order valence-electron chi connectivity index (χ2n) is 5.48. The van der Waals surface area contributed by atoms with Crippen LogP contribution in [0.1, 0.15) is 41.3 Å². The van der Waals surface area contributed by atoms with Crippen LogP contribution < -0.4 is 14.2 Å². The Kier molecular flexibility index (Phi) is 4.26. The zero-order chi connectivity index (χ0) is 25.1. The number of methoxy groups -OCH3 is 2. The van der Waals surface area contributed by atoms with Crippen molar-refractivity contribution in [3.8, 4) is 17.2 Å². The van der Waals surface area contributed by atoms with E-state index < -0.39 is 32.5 Å². The summed E-state index contributed by atoms with van der Waals surface area (Å²) in [5, 5.41) is 10.4. The third kappa shape index (κ3) is 6.31. The molecule has 0 aliphatic rings. The average molecular weight is 352 g/mol. The number of rotatable bonds is 10. The van der Waals surface area contributed by atoms with Crippen molar-refractivity contribution in [3.63, 3.8) is 0 Å². The molecule has 0 radical (unpaired) electrons. The molecule has 0 spiro atoms. The van der Waals surface area contributed by atoms with Crippen LogP contribution in [0.25, 0.3) is 0 Å². The van der Waals surface area contributed by atoms with Crippen LogP contribution >= 0.6 is 0 Å². The van der Waals surface area contributed by atoms with Crippen molar-refractivity contribution in [1.82, 2.24) is 0 Å². The summed E-state index contributed by atoms with van der Waals surface area (Å²) in [6.45, 7) is -0.991. The van der Waals surface area contributed by atoms with E-state index in [-0.39, 0.29) is 30.1 Å². The molecule has 1 unspecified atom stereocenters. The molecule has 2 aromatic rings. The third-order valence-electron chi connectivity index (χ3n) is 3.48. The molecule has 0 fully saturated rings. The Morgan fingerprint density at radius 2 is 2.08 bits per heavy atom. The molecule has 2 aromatic carbocycles. The molecule has 136 valence electrons. The molecule has 0 heterocycles. The monoisotopic (exact) mass is 352 g/mol. The molecular formula is C21H28O4. The minimum atomic E-state index is -2.78. The molecule has 0 aliphatic heterocycles. The fourth-order valence-corrected chi connectivity index (χ4v) is 2.19. The number of hydrogen-bond acceptors (Lipinski definition) is 4. The normalized spacial score (nSPS) is 19.5. The van der Waals surface area contributed by atoms with E-state index in [1.165, 1.54) is 31.4 Å². The molecule has 0 saturated carbocycles. The van der Waals surface area contributed by atoms with E-state index in [9.17, 15) is 5.11 Å². The van der Waals surface area contributed by atoms with E-state index in [2.05, 4.69) is 0 Å². The lowest BCUT2D eigenvalue weighted by molar-refractivity contribution is 0.0976. The van der Waals surface area contributed by atoms with Crippen molar-refractivity contribution in [2.24, 2.45) is 0 Å². The van der Waals surface area contributed by atoms with E-state index in [0.29, 0.717) is 5.56 Å². The van der Waals surface area contributed by atoms with Crippen molar-refractivity contribution in [1.29, 1.82) is 0 Å². The zero-order valence-electron chi connectivity index (χ0n) is 22.3. The summed E-state index contributed by atoms with van der Waals surface area (Å²) in [6, 6.07) is 10.8. The van der Waals surface area contributed by atoms with Crippen molar-refractivity contribution >= 4 is 0 Å². The predicted octanol–water partition coefficient (Wildman–Crippen LogP) is 4.16. The highest BCUT2D eigenvalue weighted by Gasteiger charge is 2.07. The maximum atomic E-state index is 10.4. The minimum absolute atomic E-state index is 0.0103. The van der Waals surface area contributed by atoms with Gasteiger partial charge in [0.25, 0.3) is 0 Å². The summed E-state index contributed by atoms with van der Waals surface area (Å²) in [7, 11) is -1.34. The first-order valence-corrected chi connectivity index (χ1v) is 7.88. The van der Waals surface area contributed by atoms with Crippen LogP contribution in [-0.4, -0.2) is 31.9 Å². The second-order valence-corrected chi connectivity index (χ2v) is 5.48. The Bertz CT molecular complexity index is 944. The van der Waals surface area contributed by atoms with E-state index in [1.54, 1.807) is 25.1 Å². The highest BCUT2D eigenvalue weighted by molar-refractivity contribution is 5.42. The summed E-state index contributed by atoms with van der Waals surface area (Å²) >= 11 is 0. The number of aryl methyl sites for hydroxylation is 2. The van der Waals surface area contributed by atoms with E-state index in [4.69, 9.17) is 25.2 Å². The van der Waals surface area contributed by atoms with Gasteiger partial charge in [0.2, 0.25) is 0 Å². The van der Waals surface area contributed by atoms with Crippen molar-refractivity contribution in [3.05, 3.63) is 53.6 Å². The highest BCUT2D eigenvalue weighted by Crippen LogP contribution is 2.28. The van der Waals surface area contributed by atoms with E-state index >= 15 is 0 Å². The van der Waals surface area contributed by atoms with Gasteiger partial charge >= 0.3 is 0 Å². The van der Waals surface area contributed by atoms with Crippen LogP contribution in [0, 0.1) is 6.92 Å². The maximum absolute atomic E-state index is 10.4. The van der Waals surface area contributed by atoms with Gasteiger partial charge in [0.05, 0.1) is 28.5 Å². The molecule has 25 heavy (non-hydrogen) atoms. The molecule has 0 aromatic heterocycles. The first-order chi connectivity index (χ1) is 15.0. The number of benzene rings is 2. The van der Waals surface area contributed by atoms with Crippen molar-refractivity contribution < 1.29 is 30.3 Å². The Morgan fingerprint density at radius 1 is 1.20 bits per heavy atom. The Balaban J connectivity index is 2.07. The molecule has 0 saturated heterocycles. The first kappa shape index (κ1) is 10.7. The number of aliphatic hydroxyl groups is 1. The molecule has 1 atom stereocenters. The predicted molar refractivity (Wildman–Crippen MR) is 99.8 cm³/mol. The quantitative estimate of drug-likeness (QED) is 0.697. The fraction of sp³-hybridized carbons (Fsp3) is 0.429. The lowest BCUT2D eigenvalue weighted by Crippen LogP contribution is -2.17. The minimum Gasteiger partial charge on any atom is -0.493 e. The largest absolute Gasteiger partial charge is 0.493 e. The lowest BCUT2D eigenvalue weighted by Gasteiger charge is -2.13. The van der Waals surface area contributed by atoms with Gasteiger partial charge in [0.15, 0.2) is 11.5 Å². The van der Waals surface area contributed by atoms with Gasteiger partial charge in [0, 0.05) is 2.74 Å².